The molecular formula is C19H17FN2O4S. The molecule has 1 heterocycles. The maximum atomic E-state index is 13.2. The predicted octanol–water partition coefficient (Wildman–Crippen LogP) is 4.09. The minimum Gasteiger partial charge on any atom is -0.507 e. The monoisotopic (exact) mass is 388 g/mol. The first-order valence-corrected chi connectivity index (χ1v) is 9.07. The lowest BCUT2D eigenvalue weighted by molar-refractivity contribution is 0.101. The highest BCUT2D eigenvalue weighted by Gasteiger charge is 2.15. The molecule has 2 aromatic carbocycles. The minimum atomic E-state index is -0.593. The van der Waals surface area contributed by atoms with Crippen LogP contribution in [0.3, 0.4) is 0 Å². The average molecular weight is 388 g/mol. The van der Waals surface area contributed by atoms with Crippen LogP contribution in [-0.2, 0) is 6.61 Å². The van der Waals surface area contributed by atoms with Gasteiger partial charge < -0.3 is 14.3 Å². The molecule has 0 saturated heterocycles. The molecule has 1 N–H and O–H groups in total. The lowest BCUT2D eigenvalue weighted by Crippen LogP contribution is -2.03. The largest absolute Gasteiger partial charge is 0.507 e. The number of halogens is 1. The molecular weight excluding hydrogens is 371 g/mol. The summed E-state index contributed by atoms with van der Waals surface area (Å²) in [6.07, 6.45) is 0. The molecule has 6 nitrogen and oxygen atoms in total. The van der Waals surface area contributed by atoms with Crippen molar-refractivity contribution in [3.63, 3.8) is 0 Å². The number of ether oxygens (including phenoxy) is 1. The maximum absolute atomic E-state index is 13.2. The number of benzene rings is 2. The van der Waals surface area contributed by atoms with Gasteiger partial charge >= 0.3 is 0 Å². The molecule has 0 amide bonds. The van der Waals surface area contributed by atoms with Crippen molar-refractivity contribution in [1.29, 1.82) is 0 Å². The maximum Gasteiger partial charge on any atom is 0.277 e. The number of ketones is 1. The Morgan fingerprint density at radius 3 is 2.67 bits per heavy atom. The van der Waals surface area contributed by atoms with E-state index in [0.717, 1.165) is 41.1 Å². The number of hydrogen-bond acceptors (Lipinski definition) is 7. The fourth-order valence-electron chi connectivity index (χ4n) is 2.45. The summed E-state index contributed by atoms with van der Waals surface area (Å²) in [4.78, 5) is 12.1. The first-order chi connectivity index (χ1) is 12.9. The highest BCUT2D eigenvalue weighted by molar-refractivity contribution is 7.99. The molecule has 1 aromatic heterocycles. The van der Waals surface area contributed by atoms with Gasteiger partial charge in [-0.05, 0) is 55.3 Å². The first-order valence-electron chi connectivity index (χ1n) is 8.08. The van der Waals surface area contributed by atoms with Gasteiger partial charge in [0.2, 0.25) is 0 Å². The van der Waals surface area contributed by atoms with Crippen LogP contribution in [0.4, 0.5) is 4.39 Å². The van der Waals surface area contributed by atoms with E-state index >= 15 is 0 Å². The molecule has 0 fully saturated rings. The van der Waals surface area contributed by atoms with Gasteiger partial charge in [-0.1, -0.05) is 17.8 Å². The molecule has 0 saturated carbocycles. The topological polar surface area (TPSA) is 85.5 Å². The van der Waals surface area contributed by atoms with Crippen molar-refractivity contribution in [2.24, 2.45) is 0 Å². The normalized spacial score (nSPS) is 10.8. The van der Waals surface area contributed by atoms with E-state index in [4.69, 9.17) is 9.15 Å². The molecule has 0 bridgehead atoms. The quantitative estimate of drug-likeness (QED) is 0.482. The van der Waals surface area contributed by atoms with Gasteiger partial charge in [-0.25, -0.2) is 4.39 Å². The van der Waals surface area contributed by atoms with Gasteiger partial charge in [0.05, 0.1) is 11.3 Å². The summed E-state index contributed by atoms with van der Waals surface area (Å²) in [5, 5.41) is 17.6. The summed E-state index contributed by atoms with van der Waals surface area (Å²) < 4.78 is 24.3. The van der Waals surface area contributed by atoms with Gasteiger partial charge in [0.15, 0.2) is 12.4 Å². The number of carbonyl (C=O) groups excluding carboxylic acids is 1. The summed E-state index contributed by atoms with van der Waals surface area (Å²) in [5.74, 6) is -0.395. The Balaban J connectivity index is 1.56. The van der Waals surface area contributed by atoms with Crippen LogP contribution in [0.2, 0.25) is 0 Å². The third kappa shape index (κ3) is 5.07. The third-order valence-corrected chi connectivity index (χ3v) is 4.41. The number of nitrogens with zero attached hydrogens (tertiary/aromatic N) is 2. The third-order valence-electron chi connectivity index (χ3n) is 3.59. The van der Waals surface area contributed by atoms with Crippen LogP contribution >= 0.6 is 11.8 Å². The van der Waals surface area contributed by atoms with Crippen LogP contribution in [0, 0.1) is 19.7 Å². The molecule has 8 heteroatoms. The van der Waals surface area contributed by atoms with Crippen LogP contribution in [0.5, 0.6) is 11.5 Å². The fourth-order valence-corrected chi connectivity index (χ4v) is 3.12. The zero-order valence-corrected chi connectivity index (χ0v) is 15.5. The van der Waals surface area contributed by atoms with Gasteiger partial charge in [-0.3, -0.25) is 4.79 Å². The summed E-state index contributed by atoms with van der Waals surface area (Å²) >= 11 is 1.01. The molecule has 0 unspecified atom stereocenters. The van der Waals surface area contributed by atoms with Crippen molar-refractivity contribution >= 4 is 17.5 Å². The van der Waals surface area contributed by atoms with Gasteiger partial charge in [0.1, 0.15) is 17.3 Å². The van der Waals surface area contributed by atoms with Gasteiger partial charge in [-0.15, -0.1) is 10.2 Å². The Hall–Kier alpha value is -2.87. The number of hydrogen-bond donors (Lipinski definition) is 1. The lowest BCUT2D eigenvalue weighted by atomic mass is 10.1. The summed E-state index contributed by atoms with van der Waals surface area (Å²) in [6, 6.07) is 9.07. The first kappa shape index (κ1) is 18.9. The fraction of sp³-hybridized carbons (Fsp3) is 0.211. The Labute approximate surface area is 159 Å². The zero-order valence-electron chi connectivity index (χ0n) is 14.7. The second-order valence-corrected chi connectivity index (χ2v) is 6.87. The summed E-state index contributed by atoms with van der Waals surface area (Å²) in [5.41, 5.74) is 2.09. The van der Waals surface area contributed by atoms with Crippen LogP contribution in [0.15, 0.2) is 46.0 Å². The number of thioether (sulfide) groups is 1. The van der Waals surface area contributed by atoms with E-state index in [1.54, 1.807) is 0 Å². The number of rotatable bonds is 7. The number of aromatic nitrogens is 2. The highest BCUT2D eigenvalue weighted by Crippen LogP contribution is 2.23. The van der Waals surface area contributed by atoms with Crippen molar-refractivity contribution < 1.29 is 23.4 Å². The van der Waals surface area contributed by atoms with Crippen molar-refractivity contribution in [2.45, 2.75) is 25.7 Å². The van der Waals surface area contributed by atoms with Gasteiger partial charge in [0, 0.05) is 0 Å². The predicted molar refractivity (Wildman–Crippen MR) is 97.7 cm³/mol. The minimum absolute atomic E-state index is 0.0728. The van der Waals surface area contributed by atoms with Crippen molar-refractivity contribution in [2.75, 3.05) is 5.75 Å². The molecule has 0 aliphatic heterocycles. The van der Waals surface area contributed by atoms with Gasteiger partial charge in [0.25, 0.3) is 11.1 Å². The van der Waals surface area contributed by atoms with Crippen molar-refractivity contribution in [1.82, 2.24) is 10.2 Å². The molecule has 0 aliphatic carbocycles. The highest BCUT2D eigenvalue weighted by atomic mass is 32.2. The number of phenolic OH excluding ortho intramolecular Hbond substituents is 1. The lowest BCUT2D eigenvalue weighted by Gasteiger charge is -2.05. The van der Waals surface area contributed by atoms with E-state index in [0.29, 0.717) is 5.75 Å². The number of phenols is 1. The number of aryl methyl sites for hydroxylation is 2. The summed E-state index contributed by atoms with van der Waals surface area (Å²) in [7, 11) is 0. The molecule has 3 rings (SSSR count). The Kier molecular flexibility index (Phi) is 5.75. The van der Waals surface area contributed by atoms with E-state index in [1.807, 2.05) is 32.0 Å². The number of carbonyl (C=O) groups is 1. The van der Waals surface area contributed by atoms with Crippen LogP contribution in [0.25, 0.3) is 0 Å². The summed E-state index contributed by atoms with van der Waals surface area (Å²) in [6.45, 7) is 4.07. The van der Waals surface area contributed by atoms with E-state index in [1.165, 1.54) is 0 Å². The Bertz CT molecular complexity index is 954. The van der Waals surface area contributed by atoms with Crippen molar-refractivity contribution in [3.8, 4) is 11.5 Å². The van der Waals surface area contributed by atoms with E-state index in [2.05, 4.69) is 10.2 Å². The van der Waals surface area contributed by atoms with E-state index in [-0.39, 0.29) is 34.8 Å². The SMILES string of the molecule is Cc1cc(C)cc(OCc2nnc(SCC(=O)c3cc(F)ccc3O)o2)c1. The Morgan fingerprint density at radius 2 is 1.93 bits per heavy atom. The van der Waals surface area contributed by atoms with Crippen LogP contribution in [0.1, 0.15) is 27.4 Å². The average Bonchev–Trinajstić information content (AvgIpc) is 3.07. The Morgan fingerprint density at radius 1 is 1.19 bits per heavy atom. The van der Waals surface area contributed by atoms with E-state index in [9.17, 15) is 14.3 Å². The van der Waals surface area contributed by atoms with Crippen LogP contribution in [-0.4, -0.2) is 26.8 Å². The number of Topliss-reactive ketones (excluding diaryl/α,β-unsaturated/α-hetero) is 1. The molecule has 0 radical (unpaired) electrons. The second-order valence-electron chi connectivity index (χ2n) is 5.95. The smallest absolute Gasteiger partial charge is 0.277 e. The molecule has 0 spiro atoms. The molecule has 27 heavy (non-hydrogen) atoms. The number of aromatic hydroxyl groups is 1. The van der Waals surface area contributed by atoms with Crippen molar-refractivity contribution in [3.05, 3.63) is 64.8 Å². The molecule has 140 valence electrons. The standard InChI is InChI=1S/C19H17FN2O4S/c1-11-5-12(2)7-14(6-11)25-9-18-21-22-19(26-18)27-10-17(24)15-8-13(20)3-4-16(15)23/h3-8,23H,9-10H2,1-2H3. The molecule has 3 aromatic rings. The van der Waals surface area contributed by atoms with Crippen LogP contribution < -0.4 is 4.74 Å². The second kappa shape index (κ2) is 8.22. The van der Waals surface area contributed by atoms with E-state index < -0.39 is 11.6 Å². The molecule has 0 atom stereocenters. The van der Waals surface area contributed by atoms with Gasteiger partial charge in [-0.2, -0.15) is 0 Å². The molecule has 0 aliphatic rings. The zero-order chi connectivity index (χ0) is 19.4.